The van der Waals surface area contributed by atoms with Gasteiger partial charge in [-0.25, -0.2) is 4.39 Å². The molecule has 0 spiro atoms. The molecule has 14 heteroatoms. The Hall–Kier alpha value is -4.36. The molecule has 0 aliphatic rings. The van der Waals surface area contributed by atoms with Crippen molar-refractivity contribution in [2.75, 3.05) is 13.2 Å². The smallest absolute Gasteiger partial charge is 0.319 e. The summed E-state index contributed by atoms with van der Waals surface area (Å²) in [7, 11) is 0. The van der Waals surface area contributed by atoms with Crippen molar-refractivity contribution in [3.05, 3.63) is 65.6 Å². The lowest BCUT2D eigenvalue weighted by atomic mass is 10.0. The Labute approximate surface area is 247 Å². The summed E-state index contributed by atoms with van der Waals surface area (Å²) in [6, 6.07) is 11.2. The summed E-state index contributed by atoms with van der Waals surface area (Å²) in [6.07, 6.45) is 0.626. The van der Waals surface area contributed by atoms with Gasteiger partial charge in [0, 0.05) is 17.5 Å². The zero-order valence-corrected chi connectivity index (χ0v) is 24.4. The van der Waals surface area contributed by atoms with Crippen LogP contribution in [0.5, 0.6) is 5.75 Å². The van der Waals surface area contributed by atoms with Gasteiger partial charge in [-0.3, -0.25) is 9.59 Å². The minimum atomic E-state index is -0.948. The number of nitrogens with zero attached hydrogens (tertiary/aromatic N) is 4. The number of carbonyl (C=O) groups is 2. The normalized spacial score (nSPS) is 11.9. The van der Waals surface area contributed by atoms with Crippen molar-refractivity contribution in [1.82, 2.24) is 25.6 Å². The summed E-state index contributed by atoms with van der Waals surface area (Å²) in [5.41, 5.74) is 5.18. The molecule has 0 saturated carbocycles. The molecule has 0 fully saturated rings. The van der Waals surface area contributed by atoms with Crippen molar-refractivity contribution < 1.29 is 32.5 Å². The number of halogens is 2. The van der Waals surface area contributed by atoms with Gasteiger partial charge in [-0.1, -0.05) is 30.2 Å². The quantitative estimate of drug-likeness (QED) is 0.220. The van der Waals surface area contributed by atoms with E-state index < -0.39 is 29.3 Å². The number of hydrogen-bond donors (Lipinski definition) is 2. The highest BCUT2D eigenvalue weighted by molar-refractivity contribution is 5.95. The monoisotopic (exact) mass is 602 g/mol. The molecule has 224 valence electrons. The zero-order chi connectivity index (χ0) is 29.6. The maximum atomic E-state index is 14.9. The molecule has 4 aromatic rings. The van der Waals surface area contributed by atoms with E-state index in [0.717, 1.165) is 11.6 Å². The molecule has 12 nitrogen and oxygen atoms in total. The van der Waals surface area contributed by atoms with Crippen molar-refractivity contribution in [3.63, 3.8) is 0 Å². The maximum Gasteiger partial charge on any atom is 0.319 e. The molecule has 0 aliphatic heterocycles. The Morgan fingerprint density at radius 3 is 2.31 bits per heavy atom. The summed E-state index contributed by atoms with van der Waals surface area (Å²) in [6.45, 7) is 6.71. The van der Waals surface area contributed by atoms with Gasteiger partial charge >= 0.3 is 5.97 Å². The molecule has 2 aromatic carbocycles. The number of esters is 1. The van der Waals surface area contributed by atoms with Crippen LogP contribution < -0.4 is 15.8 Å². The zero-order valence-electron chi connectivity index (χ0n) is 23.5. The minimum Gasteiger partial charge on any atom is -0.481 e. The number of nitrogens with one attached hydrogen (secondary N) is 1. The van der Waals surface area contributed by atoms with Crippen LogP contribution in [0.25, 0.3) is 22.8 Å². The topological polar surface area (TPSA) is 168 Å². The van der Waals surface area contributed by atoms with Gasteiger partial charge in [0.15, 0.2) is 6.10 Å². The number of benzene rings is 2. The van der Waals surface area contributed by atoms with Gasteiger partial charge in [0.2, 0.25) is 17.5 Å². The Morgan fingerprint density at radius 2 is 1.69 bits per heavy atom. The first-order chi connectivity index (χ1) is 19.6. The highest BCUT2D eigenvalue weighted by Gasteiger charge is 2.26. The Kier molecular flexibility index (Phi) is 10.7. The summed E-state index contributed by atoms with van der Waals surface area (Å²) in [5, 5.41) is 10.6. The fourth-order valence-electron chi connectivity index (χ4n) is 3.72. The van der Waals surface area contributed by atoms with Gasteiger partial charge in [0.25, 0.3) is 11.8 Å². The molecule has 0 aliphatic carbocycles. The molecule has 0 radical (unpaired) electrons. The molecule has 42 heavy (non-hydrogen) atoms. The second-order valence-electron chi connectivity index (χ2n) is 9.76. The second kappa shape index (κ2) is 14.0. The van der Waals surface area contributed by atoms with Crippen LogP contribution in [0.1, 0.15) is 62.4 Å². The molecule has 1 unspecified atom stereocenters. The average molecular weight is 603 g/mol. The average Bonchev–Trinajstić information content (AvgIpc) is 3.65. The van der Waals surface area contributed by atoms with Crippen LogP contribution in [-0.4, -0.2) is 50.8 Å². The van der Waals surface area contributed by atoms with Crippen LogP contribution in [0.3, 0.4) is 0 Å². The number of carbonyl (C=O) groups excluding carboxylic acids is 2. The van der Waals surface area contributed by atoms with Crippen molar-refractivity contribution in [3.8, 4) is 28.5 Å². The van der Waals surface area contributed by atoms with E-state index in [2.05, 4.69) is 25.6 Å². The van der Waals surface area contributed by atoms with E-state index in [1.54, 1.807) is 26.0 Å². The third-order valence-electron chi connectivity index (χ3n) is 5.93. The van der Waals surface area contributed by atoms with E-state index in [0.29, 0.717) is 35.9 Å². The molecule has 0 bridgehead atoms. The maximum absolute atomic E-state index is 14.9. The van der Waals surface area contributed by atoms with Gasteiger partial charge in [-0.2, -0.15) is 9.97 Å². The molecule has 3 N–H and O–H groups in total. The Bertz CT molecular complexity index is 1510. The molecule has 1 atom stereocenters. The highest BCUT2D eigenvalue weighted by Crippen LogP contribution is 2.28. The predicted molar refractivity (Wildman–Crippen MR) is 151 cm³/mol. The summed E-state index contributed by atoms with van der Waals surface area (Å²) >= 11 is 0. The lowest BCUT2D eigenvalue weighted by molar-refractivity contribution is -0.143. The lowest BCUT2D eigenvalue weighted by Gasteiger charge is -2.25. The van der Waals surface area contributed by atoms with E-state index >= 15 is 0 Å². The van der Waals surface area contributed by atoms with Crippen LogP contribution in [0.2, 0.25) is 0 Å². The Balaban J connectivity index is 0.00000484. The largest absolute Gasteiger partial charge is 0.481 e. The molecule has 2 aromatic heterocycles. The van der Waals surface area contributed by atoms with Gasteiger partial charge in [-0.15, -0.1) is 12.4 Å². The molecule has 0 saturated heterocycles. The Morgan fingerprint density at radius 1 is 1.02 bits per heavy atom. The van der Waals surface area contributed by atoms with Gasteiger partial charge < -0.3 is 29.6 Å². The van der Waals surface area contributed by atoms with Crippen molar-refractivity contribution >= 4 is 24.3 Å². The fourth-order valence-corrected chi connectivity index (χ4v) is 3.72. The van der Waals surface area contributed by atoms with Crippen molar-refractivity contribution in [2.45, 2.75) is 52.2 Å². The second-order valence-corrected chi connectivity index (χ2v) is 9.76. The van der Waals surface area contributed by atoms with Crippen LogP contribution in [0.15, 0.2) is 51.5 Å². The van der Waals surface area contributed by atoms with E-state index in [4.69, 9.17) is 24.3 Å². The first-order valence-corrected chi connectivity index (χ1v) is 13.0. The molecular formula is C28H32ClFN6O6. The SMILES string of the molecule is CCc1nc(-c2ccc(OC(CC)c3nc(-c4ccc(C(=O)NC(C)(C)COC(=O)CN)c(F)c4)no3)cc2)no1.Cl. The number of nitrogens with two attached hydrogens (primary N) is 1. The summed E-state index contributed by atoms with van der Waals surface area (Å²) in [4.78, 5) is 32.7. The van der Waals surface area contributed by atoms with Gasteiger partial charge in [0.1, 0.15) is 18.2 Å². The highest BCUT2D eigenvalue weighted by atomic mass is 35.5. The first kappa shape index (κ1) is 32.2. The number of rotatable bonds is 12. The van der Waals surface area contributed by atoms with Crippen molar-refractivity contribution in [1.29, 1.82) is 0 Å². The molecular weight excluding hydrogens is 571 g/mol. The van der Waals surface area contributed by atoms with Crippen molar-refractivity contribution in [2.24, 2.45) is 5.73 Å². The third kappa shape index (κ3) is 7.89. The summed E-state index contributed by atoms with van der Waals surface area (Å²) in [5.74, 6) is -0.0832. The van der Waals surface area contributed by atoms with Crippen LogP contribution in [0, 0.1) is 5.82 Å². The van der Waals surface area contributed by atoms with Crippen LogP contribution in [-0.2, 0) is 16.0 Å². The summed E-state index contributed by atoms with van der Waals surface area (Å²) < 4.78 is 36.5. The van der Waals surface area contributed by atoms with E-state index in [1.807, 2.05) is 26.0 Å². The number of aryl methyl sites for hydroxylation is 1. The number of hydrogen-bond acceptors (Lipinski definition) is 11. The van der Waals surface area contributed by atoms with Crippen LogP contribution in [0.4, 0.5) is 4.39 Å². The fraction of sp³-hybridized carbons (Fsp3) is 0.357. The number of aromatic nitrogens is 4. The van der Waals surface area contributed by atoms with Crippen LogP contribution >= 0.6 is 12.4 Å². The minimum absolute atomic E-state index is 0. The third-order valence-corrected chi connectivity index (χ3v) is 5.93. The van der Waals surface area contributed by atoms with E-state index in [1.165, 1.54) is 12.1 Å². The standard InChI is InChI=1S/C28H31FN6O6.ClH/c1-5-21(39-18-10-7-16(8-11-18)24-31-22(6-2)40-34-24)27-32-25(35-41-27)17-9-12-19(20(29)13-17)26(37)33-28(3,4)15-38-23(36)14-30;/h7-13,21H,5-6,14-15,30H2,1-4H3,(H,33,37);1H. The molecule has 2 heterocycles. The number of amides is 1. The van der Waals surface area contributed by atoms with E-state index in [-0.39, 0.29) is 42.8 Å². The number of ether oxygens (including phenoxy) is 2. The van der Waals surface area contributed by atoms with E-state index in [9.17, 15) is 14.0 Å². The van der Waals surface area contributed by atoms with Gasteiger partial charge in [-0.05, 0) is 56.7 Å². The first-order valence-electron chi connectivity index (χ1n) is 13.0. The van der Waals surface area contributed by atoms with Gasteiger partial charge in [0.05, 0.1) is 17.6 Å². The lowest BCUT2D eigenvalue weighted by Crippen LogP contribution is -2.48. The molecule has 4 rings (SSSR count). The molecule has 1 amide bonds. The predicted octanol–water partition coefficient (Wildman–Crippen LogP) is 4.45.